The van der Waals surface area contributed by atoms with Crippen molar-refractivity contribution in [3.05, 3.63) is 65.4 Å². The Hall–Kier alpha value is -3.31. The van der Waals surface area contributed by atoms with Crippen molar-refractivity contribution in [3.63, 3.8) is 0 Å². The van der Waals surface area contributed by atoms with Crippen LogP contribution in [0, 0.1) is 0 Å². The molecule has 0 saturated heterocycles. The van der Waals surface area contributed by atoms with Crippen LogP contribution in [0.2, 0.25) is 0 Å². The van der Waals surface area contributed by atoms with Gasteiger partial charge in [0.1, 0.15) is 0 Å². The van der Waals surface area contributed by atoms with Gasteiger partial charge in [0, 0.05) is 36.9 Å². The number of amides is 2. The standard InChI is InChI=1S/C19H19N5O4S2/c1-13(25)22-15-2-4-17(5-3-15)30(27,28)24-19-23-16(12-29-19)10-18(26)21-11-14-6-8-20-9-7-14/h2-9,12H,10-11H2,1H3,(H,21,26)(H,22,25)(H,23,24). The van der Waals surface area contributed by atoms with Crippen LogP contribution in [0.3, 0.4) is 0 Å². The van der Waals surface area contributed by atoms with Crippen molar-refractivity contribution in [1.29, 1.82) is 0 Å². The monoisotopic (exact) mass is 445 g/mol. The molecule has 0 fully saturated rings. The van der Waals surface area contributed by atoms with Gasteiger partial charge in [-0.1, -0.05) is 0 Å². The number of anilines is 2. The average molecular weight is 446 g/mol. The first-order valence-corrected chi connectivity index (χ1v) is 11.2. The molecule has 0 saturated carbocycles. The van der Waals surface area contributed by atoms with Crippen LogP contribution >= 0.6 is 11.3 Å². The molecule has 0 aliphatic rings. The van der Waals surface area contributed by atoms with Crippen LogP contribution in [0.4, 0.5) is 10.8 Å². The molecule has 9 nitrogen and oxygen atoms in total. The van der Waals surface area contributed by atoms with Gasteiger partial charge >= 0.3 is 0 Å². The van der Waals surface area contributed by atoms with E-state index in [2.05, 4.69) is 25.3 Å². The molecule has 1 aromatic carbocycles. The Bertz CT molecular complexity index is 1130. The maximum atomic E-state index is 12.5. The van der Waals surface area contributed by atoms with Crippen molar-refractivity contribution in [1.82, 2.24) is 15.3 Å². The quantitative estimate of drug-likeness (QED) is 0.487. The van der Waals surface area contributed by atoms with E-state index in [1.54, 1.807) is 29.9 Å². The summed E-state index contributed by atoms with van der Waals surface area (Å²) in [5, 5.41) is 7.14. The molecule has 3 rings (SSSR count). The van der Waals surface area contributed by atoms with E-state index < -0.39 is 10.0 Å². The molecule has 3 N–H and O–H groups in total. The summed E-state index contributed by atoms with van der Waals surface area (Å²) in [6, 6.07) is 9.37. The van der Waals surface area contributed by atoms with Gasteiger partial charge in [0.05, 0.1) is 17.0 Å². The molecular weight excluding hydrogens is 426 g/mol. The Morgan fingerprint density at radius 3 is 2.43 bits per heavy atom. The Balaban J connectivity index is 1.57. The number of nitrogens with one attached hydrogen (secondary N) is 3. The van der Waals surface area contributed by atoms with Gasteiger partial charge in [-0.05, 0) is 42.0 Å². The van der Waals surface area contributed by atoms with Crippen LogP contribution in [0.15, 0.2) is 59.1 Å². The van der Waals surface area contributed by atoms with E-state index in [1.165, 1.54) is 31.2 Å². The number of thiazole rings is 1. The molecule has 0 aliphatic heterocycles. The fourth-order valence-corrected chi connectivity index (χ4v) is 4.42. The maximum Gasteiger partial charge on any atom is 0.263 e. The third-order valence-electron chi connectivity index (χ3n) is 3.84. The third kappa shape index (κ3) is 6.09. The minimum absolute atomic E-state index is 0.0310. The van der Waals surface area contributed by atoms with E-state index in [1.807, 2.05) is 0 Å². The van der Waals surface area contributed by atoms with Crippen LogP contribution in [-0.2, 0) is 32.6 Å². The molecule has 0 spiro atoms. The average Bonchev–Trinajstić information content (AvgIpc) is 3.13. The Labute approximate surface area is 177 Å². The van der Waals surface area contributed by atoms with E-state index in [4.69, 9.17) is 0 Å². The minimum atomic E-state index is -3.84. The number of pyridine rings is 1. The SMILES string of the molecule is CC(=O)Nc1ccc(S(=O)(=O)Nc2nc(CC(=O)NCc3ccncc3)cs2)cc1. The molecule has 3 aromatic rings. The Morgan fingerprint density at radius 1 is 1.07 bits per heavy atom. The van der Waals surface area contributed by atoms with Gasteiger partial charge < -0.3 is 10.6 Å². The summed E-state index contributed by atoms with van der Waals surface area (Å²) in [6.45, 7) is 1.74. The van der Waals surface area contributed by atoms with Crippen molar-refractivity contribution >= 4 is 44.0 Å². The lowest BCUT2D eigenvalue weighted by atomic mass is 10.2. The highest BCUT2D eigenvalue weighted by Gasteiger charge is 2.17. The second-order valence-corrected chi connectivity index (χ2v) is 8.80. The number of carbonyl (C=O) groups excluding carboxylic acids is 2. The summed E-state index contributed by atoms with van der Waals surface area (Å²) in [4.78, 5) is 31.2. The maximum absolute atomic E-state index is 12.5. The van der Waals surface area contributed by atoms with E-state index in [0.29, 0.717) is 17.9 Å². The van der Waals surface area contributed by atoms with E-state index in [-0.39, 0.29) is 28.3 Å². The molecular formula is C19H19N5O4S2. The largest absolute Gasteiger partial charge is 0.352 e. The van der Waals surface area contributed by atoms with Gasteiger partial charge in [-0.3, -0.25) is 19.3 Å². The molecule has 0 atom stereocenters. The summed E-state index contributed by atoms with van der Waals surface area (Å²) >= 11 is 1.09. The van der Waals surface area contributed by atoms with Crippen LogP contribution in [-0.4, -0.2) is 30.2 Å². The highest BCUT2D eigenvalue weighted by molar-refractivity contribution is 7.93. The fraction of sp³-hybridized carbons (Fsp3) is 0.158. The molecule has 2 aromatic heterocycles. The molecule has 11 heteroatoms. The molecule has 0 unspecified atom stereocenters. The summed E-state index contributed by atoms with van der Waals surface area (Å²) in [5.74, 6) is -0.469. The van der Waals surface area contributed by atoms with Crippen molar-refractivity contribution < 1.29 is 18.0 Å². The topological polar surface area (TPSA) is 130 Å². The van der Waals surface area contributed by atoms with Crippen LogP contribution in [0.1, 0.15) is 18.2 Å². The lowest BCUT2D eigenvalue weighted by Gasteiger charge is -2.07. The summed E-state index contributed by atoms with van der Waals surface area (Å²) in [5.41, 5.74) is 1.89. The number of sulfonamides is 1. The number of benzene rings is 1. The predicted molar refractivity (Wildman–Crippen MR) is 113 cm³/mol. The molecule has 0 aliphatic carbocycles. The number of carbonyl (C=O) groups is 2. The first-order chi connectivity index (χ1) is 14.3. The highest BCUT2D eigenvalue weighted by Crippen LogP contribution is 2.21. The number of nitrogens with zero attached hydrogens (tertiary/aromatic N) is 2. The van der Waals surface area contributed by atoms with Crippen molar-refractivity contribution in [2.24, 2.45) is 0 Å². The molecule has 0 bridgehead atoms. The lowest BCUT2D eigenvalue weighted by molar-refractivity contribution is -0.120. The van der Waals surface area contributed by atoms with Crippen LogP contribution < -0.4 is 15.4 Å². The fourth-order valence-electron chi connectivity index (χ4n) is 2.46. The van der Waals surface area contributed by atoms with Crippen molar-refractivity contribution in [3.8, 4) is 0 Å². The smallest absolute Gasteiger partial charge is 0.263 e. The van der Waals surface area contributed by atoms with E-state index >= 15 is 0 Å². The minimum Gasteiger partial charge on any atom is -0.352 e. The van der Waals surface area contributed by atoms with Crippen LogP contribution in [0.5, 0.6) is 0 Å². The van der Waals surface area contributed by atoms with E-state index in [0.717, 1.165) is 16.9 Å². The second-order valence-electron chi connectivity index (χ2n) is 6.26. The summed E-state index contributed by atoms with van der Waals surface area (Å²) < 4.78 is 27.4. The number of rotatable bonds is 8. The van der Waals surface area contributed by atoms with Gasteiger partial charge in [-0.25, -0.2) is 13.4 Å². The predicted octanol–water partition coefficient (Wildman–Crippen LogP) is 2.16. The van der Waals surface area contributed by atoms with Gasteiger partial charge in [-0.15, -0.1) is 11.3 Å². The first kappa shape index (κ1) is 21.4. The molecule has 0 radical (unpaired) electrons. The molecule has 2 amide bonds. The summed E-state index contributed by atoms with van der Waals surface area (Å²) in [7, 11) is -3.84. The first-order valence-electron chi connectivity index (χ1n) is 8.82. The zero-order valence-electron chi connectivity index (χ0n) is 16.0. The zero-order valence-corrected chi connectivity index (χ0v) is 17.6. The van der Waals surface area contributed by atoms with Crippen molar-refractivity contribution in [2.75, 3.05) is 10.0 Å². The number of hydrogen-bond donors (Lipinski definition) is 3. The summed E-state index contributed by atoms with van der Waals surface area (Å²) in [6.07, 6.45) is 3.33. The third-order valence-corrected chi connectivity index (χ3v) is 6.13. The zero-order chi connectivity index (χ0) is 21.6. The molecule has 30 heavy (non-hydrogen) atoms. The van der Waals surface area contributed by atoms with Crippen LogP contribution in [0.25, 0.3) is 0 Å². The lowest BCUT2D eigenvalue weighted by Crippen LogP contribution is -2.24. The van der Waals surface area contributed by atoms with Gasteiger partial charge in [0.15, 0.2) is 5.13 Å². The Kier molecular flexibility index (Phi) is 6.75. The van der Waals surface area contributed by atoms with Gasteiger partial charge in [0.2, 0.25) is 11.8 Å². The molecule has 2 heterocycles. The number of hydrogen-bond acceptors (Lipinski definition) is 7. The Morgan fingerprint density at radius 2 is 1.77 bits per heavy atom. The highest BCUT2D eigenvalue weighted by atomic mass is 32.2. The van der Waals surface area contributed by atoms with E-state index in [9.17, 15) is 18.0 Å². The molecule has 156 valence electrons. The normalized spacial score (nSPS) is 11.0. The van der Waals surface area contributed by atoms with Crippen molar-refractivity contribution in [2.45, 2.75) is 24.8 Å². The number of aromatic nitrogens is 2. The van der Waals surface area contributed by atoms with Gasteiger partial charge in [-0.2, -0.15) is 0 Å². The second kappa shape index (κ2) is 9.46. The van der Waals surface area contributed by atoms with Gasteiger partial charge in [0.25, 0.3) is 10.0 Å².